The predicted molar refractivity (Wildman–Crippen MR) is 173 cm³/mol. The van der Waals surface area contributed by atoms with Crippen LogP contribution in [0.5, 0.6) is 0 Å². The van der Waals surface area contributed by atoms with Crippen LogP contribution >= 0.6 is 0 Å². The summed E-state index contributed by atoms with van der Waals surface area (Å²) in [5.74, 6) is 2.29. The molecule has 2 heterocycles. The summed E-state index contributed by atoms with van der Waals surface area (Å²) < 4.78 is 0. The van der Waals surface area contributed by atoms with Crippen molar-refractivity contribution in [3.63, 3.8) is 0 Å². The number of para-hydroxylation sites is 1. The maximum atomic E-state index is 3.32. The maximum absolute atomic E-state index is 3.32. The molecule has 2 aromatic rings. The van der Waals surface area contributed by atoms with Crippen LogP contribution in [0.1, 0.15) is 140 Å². The van der Waals surface area contributed by atoms with Crippen molar-refractivity contribution in [1.29, 1.82) is 0 Å². The predicted octanol–water partition coefficient (Wildman–Crippen LogP) is 10.5. The Labute approximate surface area is 251 Å². The lowest BCUT2D eigenvalue weighted by atomic mass is 9.64. The smallest absolute Gasteiger partial charge is 0.0811 e. The van der Waals surface area contributed by atoms with Gasteiger partial charge in [0, 0.05) is 5.69 Å². The van der Waals surface area contributed by atoms with Crippen molar-refractivity contribution in [1.82, 2.24) is 4.90 Å². The van der Waals surface area contributed by atoms with Gasteiger partial charge in [0.25, 0.3) is 0 Å². The fraction of sp³-hybridized carbons (Fsp3) is 0.692. The first-order valence-corrected chi connectivity index (χ1v) is 17.9. The second-order valence-corrected chi connectivity index (χ2v) is 14.8. The van der Waals surface area contributed by atoms with Gasteiger partial charge in [-0.25, -0.2) is 0 Å². The van der Waals surface area contributed by atoms with Gasteiger partial charge in [-0.1, -0.05) is 113 Å². The van der Waals surface area contributed by atoms with Crippen molar-refractivity contribution in [3.8, 4) is 0 Å². The third-order valence-corrected chi connectivity index (χ3v) is 13.0. The lowest BCUT2D eigenvalue weighted by Crippen LogP contribution is -2.61. The van der Waals surface area contributed by atoms with Crippen molar-refractivity contribution in [2.45, 2.75) is 153 Å². The number of aryl methyl sites for hydroxylation is 1. The summed E-state index contributed by atoms with van der Waals surface area (Å²) in [7, 11) is 0. The summed E-state index contributed by atoms with van der Waals surface area (Å²) in [6.45, 7) is 7.63. The van der Waals surface area contributed by atoms with E-state index < -0.39 is 0 Å². The first-order valence-electron chi connectivity index (χ1n) is 17.9. The van der Waals surface area contributed by atoms with Gasteiger partial charge in [-0.05, 0) is 99.8 Å². The van der Waals surface area contributed by atoms with Crippen LogP contribution in [0.3, 0.4) is 0 Å². The van der Waals surface area contributed by atoms with Crippen molar-refractivity contribution >= 4 is 5.69 Å². The lowest BCUT2D eigenvalue weighted by molar-refractivity contribution is -0.105. The largest absolute Gasteiger partial charge is 0.351 e. The highest BCUT2D eigenvalue weighted by Gasteiger charge is 2.72. The van der Waals surface area contributed by atoms with Gasteiger partial charge in [0.2, 0.25) is 0 Å². The summed E-state index contributed by atoms with van der Waals surface area (Å²) in [5, 5.41) is 0. The molecule has 1 saturated heterocycles. The Morgan fingerprint density at radius 3 is 1.51 bits per heavy atom. The van der Waals surface area contributed by atoms with Crippen molar-refractivity contribution in [2.75, 3.05) is 4.90 Å². The van der Waals surface area contributed by atoms with Gasteiger partial charge in [0.05, 0.1) is 23.3 Å². The number of hydrogen-bond donors (Lipinski definition) is 0. The maximum Gasteiger partial charge on any atom is 0.0811 e. The number of fused-ring (bicyclic) bond motifs is 3. The SMILES string of the molecule is Cc1ccccc1N1C(C)N2C(C3CCCCC3)(C3CCCC3)c3ccccc3C2(C2CCCCCCCC2)[C@@H]1C. The number of hydrogen-bond acceptors (Lipinski definition) is 2. The van der Waals surface area contributed by atoms with Gasteiger partial charge in [0.15, 0.2) is 0 Å². The van der Waals surface area contributed by atoms with Gasteiger partial charge in [-0.15, -0.1) is 0 Å². The number of nitrogens with zero attached hydrogens (tertiary/aromatic N) is 2. The Morgan fingerprint density at radius 1 is 0.537 bits per heavy atom. The van der Waals surface area contributed by atoms with Crippen molar-refractivity contribution in [3.05, 3.63) is 65.2 Å². The minimum absolute atomic E-state index is 0.0860. The Bertz CT molecular complexity index is 1180. The van der Waals surface area contributed by atoms with Gasteiger partial charge in [0.1, 0.15) is 0 Å². The summed E-state index contributed by atoms with van der Waals surface area (Å²) in [4.78, 5) is 6.24. The number of rotatable bonds is 4. The van der Waals surface area contributed by atoms with E-state index in [-0.39, 0.29) is 11.1 Å². The van der Waals surface area contributed by atoms with Crippen LogP contribution in [0.4, 0.5) is 5.69 Å². The van der Waals surface area contributed by atoms with Crippen LogP contribution in [-0.2, 0) is 11.1 Å². The highest BCUT2D eigenvalue weighted by atomic mass is 15.5. The molecule has 0 aromatic heterocycles. The molecule has 0 spiro atoms. The van der Waals surface area contributed by atoms with Crippen molar-refractivity contribution in [2.24, 2.45) is 17.8 Å². The number of anilines is 1. The molecule has 5 aliphatic rings. The van der Waals surface area contributed by atoms with E-state index in [1.165, 1.54) is 120 Å². The molecule has 2 nitrogen and oxygen atoms in total. The molecular formula is C39H56N2. The monoisotopic (exact) mass is 552 g/mol. The molecular weight excluding hydrogens is 496 g/mol. The van der Waals surface area contributed by atoms with Crippen LogP contribution in [0, 0.1) is 24.7 Å². The van der Waals surface area contributed by atoms with Crippen molar-refractivity contribution < 1.29 is 0 Å². The molecule has 3 aliphatic carbocycles. The summed E-state index contributed by atoms with van der Waals surface area (Å²) >= 11 is 0. The molecule has 0 amide bonds. The van der Waals surface area contributed by atoms with Gasteiger partial charge in [-0.2, -0.15) is 0 Å². The van der Waals surface area contributed by atoms with E-state index in [4.69, 9.17) is 0 Å². The molecule has 2 heteroatoms. The molecule has 4 fully saturated rings. The standard InChI is InChI=1S/C39H56N2/c1-29-19-13-18-28-37(29)40-30(2)38(32-20-9-6-4-5-7-10-21-32)35-26-16-17-27-36(35)39(41(38)31(40)3,34-24-14-15-25-34)33-22-11-8-12-23-33/h13,16-19,26-28,30-34H,4-12,14-15,20-25H2,1-3H3/t30-,31?,38?,39?/m0/s1. The third-order valence-electron chi connectivity index (χ3n) is 13.0. The molecule has 3 unspecified atom stereocenters. The van der Waals surface area contributed by atoms with Crippen LogP contribution in [0.2, 0.25) is 0 Å². The second kappa shape index (κ2) is 11.4. The molecule has 2 aliphatic heterocycles. The average Bonchev–Trinajstić information content (AvgIpc) is 3.70. The Balaban J connectivity index is 1.50. The fourth-order valence-electron chi connectivity index (χ4n) is 11.6. The Hall–Kier alpha value is -1.80. The Morgan fingerprint density at radius 2 is 0.951 bits per heavy atom. The topological polar surface area (TPSA) is 6.48 Å². The van der Waals surface area contributed by atoms with E-state index in [9.17, 15) is 0 Å². The summed E-state index contributed by atoms with van der Waals surface area (Å²) in [6, 6.07) is 19.9. The van der Waals surface area contributed by atoms with E-state index >= 15 is 0 Å². The van der Waals surface area contributed by atoms with Gasteiger partial charge < -0.3 is 4.90 Å². The van der Waals surface area contributed by atoms with E-state index in [2.05, 4.69) is 79.1 Å². The third kappa shape index (κ3) is 4.12. The zero-order valence-electron chi connectivity index (χ0n) is 26.4. The minimum atomic E-state index is 0.0860. The van der Waals surface area contributed by atoms with E-state index in [1.807, 2.05) is 0 Å². The molecule has 41 heavy (non-hydrogen) atoms. The zero-order chi connectivity index (χ0) is 28.0. The van der Waals surface area contributed by atoms with Crippen LogP contribution in [-0.4, -0.2) is 17.1 Å². The second-order valence-electron chi connectivity index (χ2n) is 14.8. The van der Waals surface area contributed by atoms with E-state index in [0.717, 1.165) is 17.8 Å². The zero-order valence-corrected chi connectivity index (χ0v) is 26.4. The van der Waals surface area contributed by atoms with Crippen LogP contribution < -0.4 is 4.90 Å². The molecule has 0 radical (unpaired) electrons. The van der Waals surface area contributed by atoms with Crippen LogP contribution in [0.15, 0.2) is 48.5 Å². The average molecular weight is 553 g/mol. The first kappa shape index (κ1) is 28.0. The normalized spacial score (nSPS) is 34.3. The minimum Gasteiger partial charge on any atom is -0.351 e. The van der Waals surface area contributed by atoms with Gasteiger partial charge in [-0.3, -0.25) is 4.90 Å². The quantitative estimate of drug-likeness (QED) is 0.372. The highest BCUT2D eigenvalue weighted by Crippen LogP contribution is 2.69. The van der Waals surface area contributed by atoms with Gasteiger partial charge >= 0.3 is 0 Å². The molecule has 3 saturated carbocycles. The lowest BCUT2D eigenvalue weighted by Gasteiger charge is -2.55. The summed E-state index contributed by atoms with van der Waals surface area (Å²) in [6.07, 6.45) is 24.6. The van der Waals surface area contributed by atoms with E-state index in [1.54, 1.807) is 11.1 Å². The molecule has 222 valence electrons. The fourth-order valence-corrected chi connectivity index (χ4v) is 11.6. The van der Waals surface area contributed by atoms with Crippen LogP contribution in [0.25, 0.3) is 0 Å². The molecule has 7 rings (SSSR count). The molecule has 2 aromatic carbocycles. The molecule has 0 N–H and O–H groups in total. The molecule has 4 atom stereocenters. The Kier molecular flexibility index (Phi) is 7.76. The van der Waals surface area contributed by atoms with E-state index in [0.29, 0.717) is 12.2 Å². The molecule has 0 bridgehead atoms. The number of benzene rings is 2. The first-order chi connectivity index (χ1) is 20.1. The highest BCUT2D eigenvalue weighted by molar-refractivity contribution is 5.61. The summed E-state index contributed by atoms with van der Waals surface area (Å²) in [5.41, 5.74) is 6.71.